The largest absolute Gasteiger partial charge is 0.464 e. The average Bonchev–Trinajstić information content (AvgIpc) is 2.53. The van der Waals surface area contributed by atoms with Crippen molar-refractivity contribution in [1.82, 2.24) is 9.97 Å². The predicted octanol–water partition coefficient (Wildman–Crippen LogP) is 2.67. The summed E-state index contributed by atoms with van der Waals surface area (Å²) in [6.45, 7) is 2.26. The Morgan fingerprint density at radius 3 is 2.65 bits per heavy atom. The summed E-state index contributed by atoms with van der Waals surface area (Å²) in [6.07, 6.45) is 9.33. The van der Waals surface area contributed by atoms with E-state index in [2.05, 4.69) is 26.5 Å². The van der Waals surface area contributed by atoms with Gasteiger partial charge in [0.05, 0.1) is 19.5 Å². The summed E-state index contributed by atoms with van der Waals surface area (Å²) in [5.74, 6) is 1.17. The molecular weight excluding hydrogens is 254 g/mol. The number of nitrogens with zero attached hydrogens (tertiary/aromatic N) is 3. The van der Waals surface area contributed by atoms with Crippen LogP contribution in [-0.2, 0) is 4.74 Å². The number of hydrogen-bond donors (Lipinski definition) is 0. The highest BCUT2D eigenvalue weighted by molar-refractivity contribution is 5.87. The molecule has 1 aromatic rings. The molecule has 5 heteroatoms. The second-order valence-corrected chi connectivity index (χ2v) is 5.45. The van der Waals surface area contributed by atoms with Gasteiger partial charge in [0, 0.05) is 13.1 Å². The Labute approximate surface area is 120 Å². The molecule has 0 N–H and O–H groups in total. The lowest BCUT2D eigenvalue weighted by atomic mass is 9.84. The second kappa shape index (κ2) is 6.68. The lowest BCUT2D eigenvalue weighted by Crippen LogP contribution is -2.36. The van der Waals surface area contributed by atoms with Gasteiger partial charge in [-0.15, -0.1) is 0 Å². The molecule has 1 aromatic heterocycles. The fourth-order valence-electron chi connectivity index (χ4n) is 2.86. The monoisotopic (exact) mass is 277 g/mol. The minimum Gasteiger partial charge on any atom is -0.464 e. The number of ether oxygens (including phenoxy) is 1. The van der Waals surface area contributed by atoms with Gasteiger partial charge in [-0.1, -0.05) is 13.3 Å². The quantitative estimate of drug-likeness (QED) is 0.792. The lowest BCUT2D eigenvalue weighted by molar-refractivity contribution is 0.0593. The van der Waals surface area contributed by atoms with Gasteiger partial charge in [0.25, 0.3) is 0 Å². The number of anilines is 1. The van der Waals surface area contributed by atoms with Crippen LogP contribution in [0.2, 0.25) is 0 Å². The van der Waals surface area contributed by atoms with Crippen molar-refractivity contribution >= 4 is 11.8 Å². The molecule has 1 heterocycles. The van der Waals surface area contributed by atoms with Crippen molar-refractivity contribution in [3.63, 3.8) is 0 Å². The Bertz CT molecular complexity index is 456. The van der Waals surface area contributed by atoms with Crippen LogP contribution in [0.25, 0.3) is 0 Å². The summed E-state index contributed by atoms with van der Waals surface area (Å²) in [5, 5.41) is 0. The zero-order valence-electron chi connectivity index (χ0n) is 12.5. The van der Waals surface area contributed by atoms with E-state index in [9.17, 15) is 4.79 Å². The Hall–Kier alpha value is -1.65. The van der Waals surface area contributed by atoms with Crippen LogP contribution in [0.1, 0.15) is 49.5 Å². The maximum absolute atomic E-state index is 11.5. The molecule has 0 amide bonds. The molecule has 0 aromatic carbocycles. The zero-order chi connectivity index (χ0) is 14.5. The van der Waals surface area contributed by atoms with Crippen LogP contribution in [0.4, 0.5) is 5.82 Å². The maximum atomic E-state index is 11.5. The first-order valence-electron chi connectivity index (χ1n) is 7.28. The highest BCUT2D eigenvalue weighted by atomic mass is 16.5. The van der Waals surface area contributed by atoms with E-state index in [-0.39, 0.29) is 5.69 Å². The van der Waals surface area contributed by atoms with E-state index in [1.807, 2.05) is 7.05 Å². The Kier molecular flexibility index (Phi) is 4.93. The van der Waals surface area contributed by atoms with Gasteiger partial charge in [-0.3, -0.25) is 4.98 Å². The molecular formula is C15H23N3O2. The molecule has 0 bridgehead atoms. The molecule has 0 spiro atoms. The number of esters is 1. The second-order valence-electron chi connectivity index (χ2n) is 5.45. The Morgan fingerprint density at radius 1 is 1.35 bits per heavy atom. The van der Waals surface area contributed by atoms with E-state index in [0.29, 0.717) is 6.04 Å². The first kappa shape index (κ1) is 14.8. The van der Waals surface area contributed by atoms with Gasteiger partial charge < -0.3 is 9.64 Å². The van der Waals surface area contributed by atoms with E-state index in [0.717, 1.165) is 11.7 Å². The van der Waals surface area contributed by atoms with Crippen LogP contribution in [0.5, 0.6) is 0 Å². The van der Waals surface area contributed by atoms with Gasteiger partial charge in [-0.25, -0.2) is 9.78 Å². The molecule has 1 saturated carbocycles. The number of carbonyl (C=O) groups is 1. The molecule has 1 aliphatic rings. The van der Waals surface area contributed by atoms with Gasteiger partial charge in [0.1, 0.15) is 5.82 Å². The smallest absolute Gasteiger partial charge is 0.358 e. The van der Waals surface area contributed by atoms with Crippen molar-refractivity contribution in [3.05, 3.63) is 18.1 Å². The normalized spacial score (nSPS) is 22.4. The van der Waals surface area contributed by atoms with E-state index in [1.165, 1.54) is 45.4 Å². The lowest BCUT2D eigenvalue weighted by Gasteiger charge is -2.35. The van der Waals surface area contributed by atoms with Crippen LogP contribution in [0.3, 0.4) is 0 Å². The van der Waals surface area contributed by atoms with Crippen LogP contribution >= 0.6 is 0 Å². The number of methoxy groups -OCH3 is 1. The van der Waals surface area contributed by atoms with Crippen molar-refractivity contribution < 1.29 is 9.53 Å². The SMILES string of the molecule is CCC1CCC(N(C)c2cncc(C(=O)OC)n2)CC1. The number of hydrogen-bond acceptors (Lipinski definition) is 5. The molecule has 0 radical (unpaired) electrons. The summed E-state index contributed by atoms with van der Waals surface area (Å²) in [5.41, 5.74) is 0.263. The fourth-order valence-corrected chi connectivity index (χ4v) is 2.86. The van der Waals surface area contributed by atoms with Gasteiger partial charge >= 0.3 is 5.97 Å². The molecule has 5 nitrogen and oxygen atoms in total. The number of aromatic nitrogens is 2. The van der Waals surface area contributed by atoms with Crippen LogP contribution < -0.4 is 4.90 Å². The summed E-state index contributed by atoms with van der Waals surface area (Å²) in [7, 11) is 3.38. The first-order chi connectivity index (χ1) is 9.65. The van der Waals surface area contributed by atoms with Crippen molar-refractivity contribution in [2.24, 2.45) is 5.92 Å². The summed E-state index contributed by atoms with van der Waals surface area (Å²) < 4.78 is 4.69. The minimum absolute atomic E-state index is 0.263. The summed E-state index contributed by atoms with van der Waals surface area (Å²) in [4.78, 5) is 22.1. The molecule has 1 aliphatic carbocycles. The van der Waals surface area contributed by atoms with Crippen LogP contribution in [0.15, 0.2) is 12.4 Å². The van der Waals surface area contributed by atoms with E-state index >= 15 is 0 Å². The summed E-state index contributed by atoms with van der Waals surface area (Å²) >= 11 is 0. The van der Waals surface area contributed by atoms with Crippen molar-refractivity contribution in [3.8, 4) is 0 Å². The van der Waals surface area contributed by atoms with E-state index in [1.54, 1.807) is 6.20 Å². The van der Waals surface area contributed by atoms with Crippen molar-refractivity contribution in [2.45, 2.75) is 45.1 Å². The number of carbonyl (C=O) groups excluding carboxylic acids is 1. The van der Waals surface area contributed by atoms with Crippen LogP contribution in [-0.4, -0.2) is 36.1 Å². The van der Waals surface area contributed by atoms with Gasteiger partial charge in [-0.2, -0.15) is 0 Å². The van der Waals surface area contributed by atoms with Gasteiger partial charge in [0.15, 0.2) is 5.69 Å². The van der Waals surface area contributed by atoms with E-state index in [4.69, 9.17) is 0 Å². The first-order valence-corrected chi connectivity index (χ1v) is 7.28. The number of rotatable bonds is 4. The third-order valence-corrected chi connectivity index (χ3v) is 4.32. The van der Waals surface area contributed by atoms with Crippen molar-refractivity contribution in [1.29, 1.82) is 0 Å². The Morgan fingerprint density at radius 2 is 2.05 bits per heavy atom. The molecule has 0 saturated heterocycles. The standard InChI is InChI=1S/C15H23N3O2/c1-4-11-5-7-12(8-6-11)18(2)14-10-16-9-13(17-14)15(19)20-3/h9-12H,4-8H2,1-3H3. The van der Waals surface area contributed by atoms with Gasteiger partial charge in [-0.05, 0) is 31.6 Å². The Balaban J connectivity index is 2.05. The van der Waals surface area contributed by atoms with Crippen LogP contribution in [0, 0.1) is 5.92 Å². The fraction of sp³-hybridized carbons (Fsp3) is 0.667. The molecule has 0 aliphatic heterocycles. The highest BCUT2D eigenvalue weighted by Gasteiger charge is 2.24. The summed E-state index contributed by atoms with van der Waals surface area (Å²) in [6, 6.07) is 0.486. The topological polar surface area (TPSA) is 55.3 Å². The minimum atomic E-state index is -0.442. The van der Waals surface area contributed by atoms with Crippen molar-refractivity contribution in [2.75, 3.05) is 19.1 Å². The zero-order valence-corrected chi connectivity index (χ0v) is 12.5. The van der Waals surface area contributed by atoms with E-state index < -0.39 is 5.97 Å². The molecule has 0 atom stereocenters. The predicted molar refractivity (Wildman–Crippen MR) is 77.8 cm³/mol. The highest BCUT2D eigenvalue weighted by Crippen LogP contribution is 2.30. The molecule has 20 heavy (non-hydrogen) atoms. The third kappa shape index (κ3) is 3.26. The molecule has 0 unspecified atom stereocenters. The molecule has 1 fully saturated rings. The average molecular weight is 277 g/mol. The molecule has 2 rings (SSSR count). The maximum Gasteiger partial charge on any atom is 0.358 e. The molecule has 110 valence electrons. The van der Waals surface area contributed by atoms with Gasteiger partial charge in [0.2, 0.25) is 0 Å². The third-order valence-electron chi connectivity index (χ3n) is 4.32.